The second-order valence-electron chi connectivity index (χ2n) is 7.65. The van der Waals surface area contributed by atoms with E-state index in [2.05, 4.69) is 26.9 Å². The van der Waals surface area contributed by atoms with Crippen LogP contribution in [0.2, 0.25) is 0 Å². The lowest BCUT2D eigenvalue weighted by Crippen LogP contribution is -2.37. The van der Waals surface area contributed by atoms with Gasteiger partial charge in [0.25, 0.3) is 0 Å². The van der Waals surface area contributed by atoms with Gasteiger partial charge in [0.05, 0.1) is 11.3 Å². The number of anilines is 1. The van der Waals surface area contributed by atoms with Gasteiger partial charge in [-0.3, -0.25) is 4.40 Å². The third-order valence-electron chi connectivity index (χ3n) is 6.08. The monoisotopic (exact) mass is 392 g/mol. The van der Waals surface area contributed by atoms with E-state index in [1.165, 1.54) is 25.9 Å². The minimum Gasteiger partial charge on any atom is -0.422 e. The number of benzene rings is 1. The quantitative estimate of drug-likeness (QED) is 0.489. The average molecular weight is 392 g/mol. The van der Waals surface area contributed by atoms with Crippen LogP contribution in [0.15, 0.2) is 51.3 Å². The van der Waals surface area contributed by atoms with Crippen LogP contribution in [0.5, 0.6) is 0 Å². The number of fused-ring (bicyclic) bond motifs is 6. The smallest absolute Gasteiger partial charge is 0.345 e. The molecule has 6 heterocycles. The number of hydrogen-bond donors (Lipinski definition) is 0. The number of hydrogen-bond acceptors (Lipinski definition) is 6. The Bertz CT molecular complexity index is 1200. The molecule has 3 aliphatic rings. The van der Waals surface area contributed by atoms with Gasteiger partial charge in [0, 0.05) is 67.1 Å². The molecule has 0 saturated carbocycles. The molecule has 7 heteroatoms. The largest absolute Gasteiger partial charge is 0.422 e. The summed E-state index contributed by atoms with van der Waals surface area (Å²) in [4.78, 5) is 23.1. The van der Waals surface area contributed by atoms with Crippen molar-refractivity contribution in [3.8, 4) is 11.3 Å². The van der Waals surface area contributed by atoms with Crippen LogP contribution in [0.1, 0.15) is 12.8 Å². The molecule has 3 fully saturated rings. The lowest BCUT2D eigenvalue weighted by molar-refractivity contribution is 0.250. The number of rotatable bonds is 2. The average Bonchev–Trinajstić information content (AvgIpc) is 3.18. The molecule has 3 aromatic heterocycles. The molecule has 2 bridgehead atoms. The highest BCUT2D eigenvalue weighted by molar-refractivity contribution is 7.15. The van der Waals surface area contributed by atoms with E-state index in [9.17, 15) is 4.79 Å². The highest BCUT2D eigenvalue weighted by Crippen LogP contribution is 2.30. The lowest BCUT2D eigenvalue weighted by atomic mass is 10.0. The molecule has 28 heavy (non-hydrogen) atoms. The van der Waals surface area contributed by atoms with Crippen LogP contribution in [0.4, 0.5) is 5.69 Å². The number of thiazole rings is 1. The fourth-order valence-corrected chi connectivity index (χ4v) is 5.24. The Morgan fingerprint density at radius 3 is 2.86 bits per heavy atom. The molecule has 1 aromatic carbocycles. The van der Waals surface area contributed by atoms with E-state index in [0.29, 0.717) is 22.9 Å². The van der Waals surface area contributed by atoms with Crippen molar-refractivity contribution in [1.29, 1.82) is 0 Å². The zero-order valence-electron chi connectivity index (χ0n) is 15.4. The third kappa shape index (κ3) is 2.57. The summed E-state index contributed by atoms with van der Waals surface area (Å²) in [5, 5.41) is 2.90. The molecule has 6 nitrogen and oxygen atoms in total. The summed E-state index contributed by atoms with van der Waals surface area (Å²) in [6.07, 6.45) is 6.23. The van der Waals surface area contributed by atoms with E-state index in [0.717, 1.165) is 29.1 Å². The number of aromatic nitrogens is 2. The second-order valence-corrected chi connectivity index (χ2v) is 8.53. The molecule has 142 valence electrons. The van der Waals surface area contributed by atoms with E-state index >= 15 is 0 Å². The van der Waals surface area contributed by atoms with Crippen LogP contribution >= 0.6 is 11.3 Å². The maximum Gasteiger partial charge on any atom is 0.345 e. The summed E-state index contributed by atoms with van der Waals surface area (Å²) < 4.78 is 7.65. The molecule has 0 atom stereocenters. The Hall–Kier alpha value is -2.64. The van der Waals surface area contributed by atoms with E-state index in [1.807, 2.05) is 34.3 Å². The zero-order chi connectivity index (χ0) is 18.7. The van der Waals surface area contributed by atoms with Crippen LogP contribution in [-0.2, 0) is 0 Å². The molecule has 0 unspecified atom stereocenters. The Labute approximate surface area is 165 Å². The highest BCUT2D eigenvalue weighted by atomic mass is 32.1. The summed E-state index contributed by atoms with van der Waals surface area (Å²) in [6.45, 7) is 4.52. The number of piperidine rings is 1. The molecule has 0 N–H and O–H groups in total. The normalized spacial score (nSPS) is 22.2. The Kier molecular flexibility index (Phi) is 3.61. The minimum atomic E-state index is -0.335. The van der Waals surface area contributed by atoms with E-state index in [4.69, 9.17) is 4.42 Å². The Morgan fingerprint density at radius 2 is 2.00 bits per heavy atom. The molecule has 3 aliphatic heterocycles. The molecule has 4 aromatic rings. The molecule has 0 aliphatic carbocycles. The molecule has 0 radical (unpaired) electrons. The highest BCUT2D eigenvalue weighted by Gasteiger charge is 2.29. The van der Waals surface area contributed by atoms with Crippen LogP contribution in [-0.4, -0.2) is 46.5 Å². The van der Waals surface area contributed by atoms with Crippen LogP contribution in [0.25, 0.3) is 27.2 Å². The number of imidazole rings is 1. The van der Waals surface area contributed by atoms with E-state index < -0.39 is 0 Å². The first-order valence-corrected chi connectivity index (χ1v) is 10.6. The predicted octanol–water partition coefficient (Wildman–Crippen LogP) is 3.45. The summed E-state index contributed by atoms with van der Waals surface area (Å²) in [6, 6.07) is 8.73. The maximum atomic E-state index is 12.7. The topological polar surface area (TPSA) is 54.0 Å². The van der Waals surface area contributed by atoms with Gasteiger partial charge in [0.1, 0.15) is 5.58 Å². The first-order chi connectivity index (χ1) is 13.7. The summed E-state index contributed by atoms with van der Waals surface area (Å²) in [5.74, 6) is 0. The summed E-state index contributed by atoms with van der Waals surface area (Å²) in [7, 11) is 0. The van der Waals surface area contributed by atoms with Gasteiger partial charge in [-0.1, -0.05) is 0 Å². The fraction of sp³-hybridized carbons (Fsp3) is 0.333. The van der Waals surface area contributed by atoms with Gasteiger partial charge in [0.15, 0.2) is 4.96 Å². The van der Waals surface area contributed by atoms with Crippen molar-refractivity contribution in [2.45, 2.75) is 18.9 Å². The minimum absolute atomic E-state index is 0.335. The first kappa shape index (κ1) is 16.3. The number of nitrogens with zero attached hydrogens (tertiary/aromatic N) is 4. The Balaban J connectivity index is 1.41. The van der Waals surface area contributed by atoms with Crippen molar-refractivity contribution in [2.75, 3.05) is 31.1 Å². The van der Waals surface area contributed by atoms with Gasteiger partial charge in [-0.25, -0.2) is 9.78 Å². The van der Waals surface area contributed by atoms with Crippen molar-refractivity contribution in [1.82, 2.24) is 14.3 Å². The summed E-state index contributed by atoms with van der Waals surface area (Å²) in [5.41, 5.74) is 2.63. The Morgan fingerprint density at radius 1 is 1.11 bits per heavy atom. The predicted molar refractivity (Wildman–Crippen MR) is 111 cm³/mol. The van der Waals surface area contributed by atoms with E-state index in [-0.39, 0.29) is 5.63 Å². The van der Waals surface area contributed by atoms with Crippen LogP contribution in [0, 0.1) is 0 Å². The molecule has 7 rings (SSSR count). The van der Waals surface area contributed by atoms with Gasteiger partial charge in [-0.15, -0.1) is 11.3 Å². The molecule has 3 saturated heterocycles. The van der Waals surface area contributed by atoms with Gasteiger partial charge in [0.2, 0.25) is 0 Å². The van der Waals surface area contributed by atoms with Crippen molar-refractivity contribution in [3.63, 3.8) is 0 Å². The maximum absolute atomic E-state index is 12.7. The van der Waals surface area contributed by atoms with Gasteiger partial charge >= 0.3 is 5.63 Å². The third-order valence-corrected chi connectivity index (χ3v) is 6.85. The summed E-state index contributed by atoms with van der Waals surface area (Å²) >= 11 is 1.55. The molecular formula is C21H20N4O2S. The van der Waals surface area contributed by atoms with E-state index in [1.54, 1.807) is 11.3 Å². The lowest BCUT2D eigenvalue weighted by Gasteiger charge is -2.33. The van der Waals surface area contributed by atoms with Crippen molar-refractivity contribution < 1.29 is 4.42 Å². The molecular weight excluding hydrogens is 372 g/mol. The molecule has 0 spiro atoms. The van der Waals surface area contributed by atoms with Crippen molar-refractivity contribution >= 4 is 33.0 Å². The van der Waals surface area contributed by atoms with Crippen LogP contribution < -0.4 is 10.5 Å². The SMILES string of the molecule is O=c1oc2cc(N3CCN4CCC3CC4)ccc2cc1-c1cn2ccsc2n1. The second kappa shape index (κ2) is 6.18. The zero-order valence-corrected chi connectivity index (χ0v) is 16.2. The fourth-order valence-electron chi connectivity index (χ4n) is 4.54. The van der Waals surface area contributed by atoms with Gasteiger partial charge in [-0.05, 0) is 31.0 Å². The van der Waals surface area contributed by atoms with Crippen LogP contribution in [0.3, 0.4) is 0 Å². The standard InChI is InChI=1S/C21H20N4O2S/c26-20-17(18-13-24-9-10-28-21(24)22-18)11-14-1-2-16(12-19(14)27-20)25-8-7-23-5-3-15(25)4-6-23/h1-2,9-13,15H,3-8H2. The first-order valence-electron chi connectivity index (χ1n) is 9.74. The van der Waals surface area contributed by atoms with Crippen molar-refractivity contribution in [3.05, 3.63) is 52.5 Å². The van der Waals surface area contributed by atoms with Gasteiger partial charge in [-0.2, -0.15) is 0 Å². The van der Waals surface area contributed by atoms with Gasteiger partial charge < -0.3 is 14.2 Å². The molecule has 0 amide bonds. The van der Waals surface area contributed by atoms with Crippen molar-refractivity contribution in [2.24, 2.45) is 0 Å².